The second-order valence-electron chi connectivity index (χ2n) is 3.94. The van der Waals surface area contributed by atoms with Crippen molar-refractivity contribution in [3.05, 3.63) is 70.8 Å². The first-order valence-electron chi connectivity index (χ1n) is 5.75. The van der Waals surface area contributed by atoms with Gasteiger partial charge in [0, 0.05) is 11.6 Å². The molecule has 0 bridgehead atoms. The van der Waals surface area contributed by atoms with Gasteiger partial charge < -0.3 is 4.74 Å². The van der Waals surface area contributed by atoms with Crippen molar-refractivity contribution in [2.24, 2.45) is 0 Å². The van der Waals surface area contributed by atoms with Crippen LogP contribution in [0.5, 0.6) is 0 Å². The van der Waals surface area contributed by atoms with Gasteiger partial charge in [0.15, 0.2) is 0 Å². The molecule has 2 aromatic carbocycles. The lowest BCUT2D eigenvalue weighted by atomic mass is 10.1. The van der Waals surface area contributed by atoms with Crippen LogP contribution in [0.25, 0.3) is 0 Å². The fourth-order valence-corrected chi connectivity index (χ4v) is 1.54. The molecule has 0 N–H and O–H groups in total. The molecule has 0 saturated heterocycles. The summed E-state index contributed by atoms with van der Waals surface area (Å²) < 4.78 is 30.7. The van der Waals surface area contributed by atoms with Crippen LogP contribution in [0.2, 0.25) is 0 Å². The SMILES string of the molecule is COC(=O)c1ccc(C#Cc2ccc(F)cc2F)cc1. The topological polar surface area (TPSA) is 26.3 Å². The Hall–Kier alpha value is -2.67. The van der Waals surface area contributed by atoms with E-state index in [9.17, 15) is 13.6 Å². The molecule has 0 radical (unpaired) electrons. The number of benzene rings is 2. The Balaban J connectivity index is 2.22. The van der Waals surface area contributed by atoms with E-state index < -0.39 is 17.6 Å². The van der Waals surface area contributed by atoms with Crippen LogP contribution in [-0.2, 0) is 4.74 Å². The van der Waals surface area contributed by atoms with Crippen molar-refractivity contribution in [2.75, 3.05) is 7.11 Å². The molecule has 0 unspecified atom stereocenters. The van der Waals surface area contributed by atoms with Crippen molar-refractivity contribution < 1.29 is 18.3 Å². The number of halogens is 2. The second-order valence-corrected chi connectivity index (χ2v) is 3.94. The van der Waals surface area contributed by atoms with Gasteiger partial charge in [0.05, 0.1) is 18.2 Å². The first-order chi connectivity index (χ1) is 9.60. The van der Waals surface area contributed by atoms with E-state index in [1.807, 2.05) is 0 Å². The summed E-state index contributed by atoms with van der Waals surface area (Å²) in [5, 5.41) is 0. The summed E-state index contributed by atoms with van der Waals surface area (Å²) in [5.41, 5.74) is 1.14. The van der Waals surface area contributed by atoms with Crippen molar-refractivity contribution in [1.82, 2.24) is 0 Å². The maximum Gasteiger partial charge on any atom is 0.337 e. The summed E-state index contributed by atoms with van der Waals surface area (Å²) in [5.74, 6) is 3.57. The van der Waals surface area contributed by atoms with Gasteiger partial charge in [0.1, 0.15) is 11.6 Å². The van der Waals surface area contributed by atoms with Crippen LogP contribution in [0.4, 0.5) is 8.78 Å². The highest BCUT2D eigenvalue weighted by molar-refractivity contribution is 5.89. The first kappa shape index (κ1) is 13.8. The van der Waals surface area contributed by atoms with Crippen LogP contribution < -0.4 is 0 Å². The summed E-state index contributed by atoms with van der Waals surface area (Å²) in [6.07, 6.45) is 0. The molecule has 0 atom stereocenters. The number of methoxy groups -OCH3 is 1. The van der Waals surface area contributed by atoms with Gasteiger partial charge in [-0.1, -0.05) is 11.8 Å². The van der Waals surface area contributed by atoms with Crippen LogP contribution in [0.15, 0.2) is 42.5 Å². The van der Waals surface area contributed by atoms with E-state index in [4.69, 9.17) is 0 Å². The number of ether oxygens (including phenoxy) is 1. The zero-order valence-electron chi connectivity index (χ0n) is 10.6. The van der Waals surface area contributed by atoms with Gasteiger partial charge >= 0.3 is 5.97 Å². The van der Waals surface area contributed by atoms with Gasteiger partial charge in [0.2, 0.25) is 0 Å². The van der Waals surface area contributed by atoms with E-state index in [0.717, 1.165) is 12.1 Å². The fraction of sp³-hybridized carbons (Fsp3) is 0.0625. The number of rotatable bonds is 1. The van der Waals surface area contributed by atoms with Crippen LogP contribution in [0, 0.1) is 23.5 Å². The van der Waals surface area contributed by atoms with E-state index in [2.05, 4.69) is 16.6 Å². The molecular weight excluding hydrogens is 262 g/mol. The van der Waals surface area contributed by atoms with E-state index in [1.54, 1.807) is 24.3 Å². The minimum absolute atomic E-state index is 0.114. The van der Waals surface area contributed by atoms with Crippen LogP contribution in [-0.4, -0.2) is 13.1 Å². The molecule has 100 valence electrons. The van der Waals surface area contributed by atoms with Crippen LogP contribution in [0.3, 0.4) is 0 Å². The average molecular weight is 272 g/mol. The second kappa shape index (κ2) is 5.98. The van der Waals surface area contributed by atoms with Crippen molar-refractivity contribution in [2.45, 2.75) is 0 Å². The Morgan fingerprint density at radius 1 is 1.05 bits per heavy atom. The Labute approximate surface area is 115 Å². The Morgan fingerprint density at radius 3 is 2.35 bits per heavy atom. The minimum atomic E-state index is -0.705. The van der Waals surface area contributed by atoms with Crippen molar-refractivity contribution in [1.29, 1.82) is 0 Å². The molecule has 2 aromatic rings. The van der Waals surface area contributed by atoms with Crippen LogP contribution in [0.1, 0.15) is 21.5 Å². The van der Waals surface area contributed by atoms with Gasteiger partial charge in [-0.15, -0.1) is 0 Å². The third kappa shape index (κ3) is 3.21. The molecule has 0 saturated carbocycles. The molecule has 20 heavy (non-hydrogen) atoms. The average Bonchev–Trinajstić information content (AvgIpc) is 2.46. The standard InChI is InChI=1S/C16H10F2O2/c1-20-16(19)13-6-3-11(4-7-13)2-5-12-8-9-14(17)10-15(12)18/h3-4,6-10H,1H3. The number of carbonyl (C=O) groups is 1. The molecule has 0 aliphatic carbocycles. The van der Waals surface area contributed by atoms with E-state index >= 15 is 0 Å². The highest BCUT2D eigenvalue weighted by Gasteiger charge is 2.03. The molecule has 0 heterocycles. The molecule has 0 spiro atoms. The Bertz CT molecular complexity index is 695. The molecule has 2 nitrogen and oxygen atoms in total. The fourth-order valence-electron chi connectivity index (χ4n) is 1.54. The Kier molecular flexibility index (Phi) is 4.11. The summed E-state index contributed by atoms with van der Waals surface area (Å²) in [6, 6.07) is 9.59. The predicted molar refractivity (Wildman–Crippen MR) is 70.1 cm³/mol. The molecule has 2 rings (SSSR count). The zero-order valence-corrected chi connectivity index (χ0v) is 10.6. The van der Waals surface area contributed by atoms with E-state index in [0.29, 0.717) is 11.1 Å². The smallest absolute Gasteiger partial charge is 0.337 e. The quantitative estimate of drug-likeness (QED) is 0.589. The molecule has 0 amide bonds. The summed E-state index contributed by atoms with van der Waals surface area (Å²) in [4.78, 5) is 11.2. The number of esters is 1. The number of hydrogen-bond acceptors (Lipinski definition) is 2. The van der Waals surface area contributed by atoms with Crippen molar-refractivity contribution in [3.8, 4) is 11.8 Å². The molecule has 0 aliphatic heterocycles. The van der Waals surface area contributed by atoms with Crippen LogP contribution >= 0.6 is 0 Å². The zero-order chi connectivity index (χ0) is 14.5. The lowest BCUT2D eigenvalue weighted by Crippen LogP contribution is -2.00. The van der Waals surface area contributed by atoms with E-state index in [1.165, 1.54) is 13.2 Å². The summed E-state index contributed by atoms with van der Waals surface area (Å²) >= 11 is 0. The van der Waals surface area contributed by atoms with E-state index in [-0.39, 0.29) is 5.56 Å². The summed E-state index contributed by atoms with van der Waals surface area (Å²) in [7, 11) is 1.30. The highest BCUT2D eigenvalue weighted by atomic mass is 19.1. The molecular formula is C16H10F2O2. The van der Waals surface area contributed by atoms with Gasteiger partial charge in [-0.05, 0) is 36.4 Å². The van der Waals surface area contributed by atoms with Gasteiger partial charge in [-0.2, -0.15) is 0 Å². The molecule has 0 aromatic heterocycles. The lowest BCUT2D eigenvalue weighted by molar-refractivity contribution is 0.0600. The third-order valence-corrected chi connectivity index (χ3v) is 2.58. The first-order valence-corrected chi connectivity index (χ1v) is 5.75. The van der Waals surface area contributed by atoms with Crippen molar-refractivity contribution in [3.63, 3.8) is 0 Å². The maximum atomic E-state index is 13.4. The largest absolute Gasteiger partial charge is 0.465 e. The van der Waals surface area contributed by atoms with Gasteiger partial charge in [0.25, 0.3) is 0 Å². The van der Waals surface area contributed by atoms with Gasteiger partial charge in [-0.3, -0.25) is 0 Å². The Morgan fingerprint density at radius 2 is 1.75 bits per heavy atom. The number of hydrogen-bond donors (Lipinski definition) is 0. The molecule has 4 heteroatoms. The molecule has 0 fully saturated rings. The summed E-state index contributed by atoms with van der Waals surface area (Å²) in [6.45, 7) is 0. The maximum absolute atomic E-state index is 13.4. The van der Waals surface area contributed by atoms with Crippen molar-refractivity contribution >= 4 is 5.97 Å². The highest BCUT2D eigenvalue weighted by Crippen LogP contribution is 2.09. The normalized spacial score (nSPS) is 9.55. The lowest BCUT2D eigenvalue weighted by Gasteiger charge is -1.98. The molecule has 0 aliphatic rings. The number of carbonyl (C=O) groups excluding carboxylic acids is 1. The predicted octanol–water partition coefficient (Wildman–Crippen LogP) is 3.15. The van der Waals surface area contributed by atoms with Gasteiger partial charge in [-0.25, -0.2) is 13.6 Å². The monoisotopic (exact) mass is 272 g/mol. The third-order valence-electron chi connectivity index (χ3n) is 2.58. The minimum Gasteiger partial charge on any atom is -0.465 e.